The molecule has 0 N–H and O–H groups in total. The zero-order valence-electron chi connectivity index (χ0n) is 7.95. The number of carbonyl (C=O) groups excluding carboxylic acids is 1. The smallest absolute Gasteiger partial charge is 0.334 e. The van der Waals surface area contributed by atoms with Gasteiger partial charge in [0.2, 0.25) is 0 Å². The molecule has 0 aromatic carbocycles. The first-order valence-electron chi connectivity index (χ1n) is 4.12. The fourth-order valence-electron chi connectivity index (χ4n) is 1.05. The molecule has 0 aliphatic rings. The van der Waals surface area contributed by atoms with Crippen LogP contribution in [-0.4, -0.2) is 29.0 Å². The molecule has 15 heavy (non-hydrogen) atoms. The molecule has 0 spiro atoms. The molecule has 0 radical (unpaired) electrons. The van der Waals surface area contributed by atoms with Gasteiger partial charge in [0, 0.05) is 26.0 Å². The van der Waals surface area contributed by atoms with Gasteiger partial charge in [-0.15, -0.1) is 0 Å². The number of pyridine rings is 1. The summed E-state index contributed by atoms with van der Waals surface area (Å²) >= 11 is 0. The third-order valence-corrected chi connectivity index (χ3v) is 1.76. The van der Waals surface area contributed by atoms with Crippen LogP contribution in [0.25, 0.3) is 0 Å². The summed E-state index contributed by atoms with van der Waals surface area (Å²) in [7, 11) is 1.11. The van der Waals surface area contributed by atoms with Crippen molar-refractivity contribution in [2.75, 3.05) is 7.05 Å². The Bertz CT molecular complexity index is 337. The van der Waals surface area contributed by atoms with E-state index >= 15 is 0 Å². The number of hydrogen-bond acceptors (Lipinski definition) is 2. The second-order valence-corrected chi connectivity index (χ2v) is 3.01. The molecule has 1 heterocycles. The first-order valence-corrected chi connectivity index (χ1v) is 4.12. The molecule has 0 saturated carbocycles. The van der Waals surface area contributed by atoms with Gasteiger partial charge in [0.05, 0.1) is 0 Å². The van der Waals surface area contributed by atoms with E-state index in [1.165, 1.54) is 12.4 Å². The zero-order chi connectivity index (χ0) is 11.5. The summed E-state index contributed by atoms with van der Waals surface area (Å²) in [5.74, 6) is -1.85. The van der Waals surface area contributed by atoms with Crippen LogP contribution >= 0.6 is 0 Å². The average Bonchev–Trinajstić information content (AvgIpc) is 2.16. The van der Waals surface area contributed by atoms with Gasteiger partial charge in [-0.1, -0.05) is 0 Å². The molecular weight excluding hydrogens is 209 g/mol. The summed E-state index contributed by atoms with van der Waals surface area (Å²) in [6, 6.07) is 3.11. The Hall–Kier alpha value is -1.59. The summed E-state index contributed by atoms with van der Waals surface area (Å²) in [6.45, 7) is -0.0825. The summed E-state index contributed by atoms with van der Waals surface area (Å²) in [6.07, 6.45) is -1.90. The predicted octanol–water partition coefficient (Wildman–Crippen LogP) is 1.60. The molecule has 1 aromatic heterocycles. The summed E-state index contributed by atoms with van der Waals surface area (Å²) in [4.78, 5) is 15.1. The molecule has 3 nitrogen and oxygen atoms in total. The zero-order valence-corrected chi connectivity index (χ0v) is 7.95. The van der Waals surface area contributed by atoms with Crippen LogP contribution in [0.1, 0.15) is 5.56 Å². The van der Waals surface area contributed by atoms with E-state index in [1.807, 2.05) is 0 Å². The lowest BCUT2D eigenvalue weighted by atomic mass is 10.2. The van der Waals surface area contributed by atoms with E-state index in [-0.39, 0.29) is 6.54 Å². The van der Waals surface area contributed by atoms with Crippen molar-refractivity contribution in [1.82, 2.24) is 9.88 Å². The third kappa shape index (κ3) is 3.23. The van der Waals surface area contributed by atoms with Crippen LogP contribution in [-0.2, 0) is 11.3 Å². The monoisotopic (exact) mass is 218 g/mol. The Labute approximate surface area is 84.5 Å². The first kappa shape index (κ1) is 11.5. The van der Waals surface area contributed by atoms with Crippen LogP contribution in [0.15, 0.2) is 24.5 Å². The van der Waals surface area contributed by atoms with Gasteiger partial charge in [0.25, 0.3) is 0 Å². The Morgan fingerprint density at radius 2 is 1.93 bits per heavy atom. The normalized spacial score (nSPS) is 11.2. The van der Waals surface area contributed by atoms with Crippen molar-refractivity contribution in [3.8, 4) is 0 Å². The van der Waals surface area contributed by atoms with Crippen molar-refractivity contribution in [3.05, 3.63) is 30.1 Å². The molecule has 82 valence electrons. The second-order valence-electron chi connectivity index (χ2n) is 3.01. The molecule has 0 aliphatic heterocycles. The number of hydrogen-bond donors (Lipinski definition) is 0. The van der Waals surface area contributed by atoms with Crippen molar-refractivity contribution >= 4 is 5.91 Å². The summed E-state index contributed by atoms with van der Waals surface area (Å²) < 4.78 is 36.0. The molecule has 6 heteroatoms. The highest BCUT2D eigenvalue weighted by Crippen LogP contribution is 2.18. The predicted molar refractivity (Wildman–Crippen MR) is 46.8 cm³/mol. The summed E-state index contributed by atoms with van der Waals surface area (Å²) in [5.41, 5.74) is 0.602. The van der Waals surface area contributed by atoms with E-state index in [0.717, 1.165) is 7.05 Å². The maximum Gasteiger partial charge on any atom is 0.471 e. The van der Waals surface area contributed by atoms with Gasteiger partial charge < -0.3 is 4.90 Å². The van der Waals surface area contributed by atoms with Crippen LogP contribution in [0.3, 0.4) is 0 Å². The van der Waals surface area contributed by atoms with Gasteiger partial charge >= 0.3 is 12.1 Å². The lowest BCUT2D eigenvalue weighted by molar-refractivity contribution is -0.184. The topological polar surface area (TPSA) is 33.2 Å². The Morgan fingerprint density at radius 1 is 1.40 bits per heavy atom. The van der Waals surface area contributed by atoms with Crippen molar-refractivity contribution in [2.24, 2.45) is 0 Å². The molecule has 0 atom stereocenters. The fraction of sp³-hybridized carbons (Fsp3) is 0.333. The van der Waals surface area contributed by atoms with Gasteiger partial charge in [-0.05, 0) is 17.7 Å². The second kappa shape index (κ2) is 4.29. The standard InChI is InChI=1S/C9H9F3N2O/c1-14(8(15)9(10,11)12)6-7-2-4-13-5-3-7/h2-5H,6H2,1H3. The Balaban J connectivity index is 2.65. The highest BCUT2D eigenvalue weighted by Gasteiger charge is 2.41. The van der Waals surface area contributed by atoms with Crippen LogP contribution in [0, 0.1) is 0 Å². The van der Waals surface area contributed by atoms with Gasteiger partial charge in [-0.25, -0.2) is 0 Å². The Kier molecular flexibility index (Phi) is 3.28. The highest BCUT2D eigenvalue weighted by atomic mass is 19.4. The Morgan fingerprint density at radius 3 is 2.40 bits per heavy atom. The molecule has 1 rings (SSSR count). The van der Waals surface area contributed by atoms with E-state index < -0.39 is 12.1 Å². The van der Waals surface area contributed by atoms with Crippen LogP contribution < -0.4 is 0 Å². The van der Waals surface area contributed by atoms with Crippen molar-refractivity contribution in [2.45, 2.75) is 12.7 Å². The minimum absolute atomic E-state index is 0.0825. The molecule has 1 amide bonds. The SMILES string of the molecule is CN(Cc1ccncc1)C(=O)C(F)(F)F. The minimum Gasteiger partial charge on any atom is -0.334 e. The van der Waals surface area contributed by atoms with E-state index in [9.17, 15) is 18.0 Å². The van der Waals surface area contributed by atoms with Crippen molar-refractivity contribution in [1.29, 1.82) is 0 Å². The number of amides is 1. The quantitative estimate of drug-likeness (QED) is 0.755. The number of carbonyl (C=O) groups is 1. The van der Waals surface area contributed by atoms with Crippen molar-refractivity contribution < 1.29 is 18.0 Å². The lowest BCUT2D eigenvalue weighted by Crippen LogP contribution is -2.37. The van der Waals surface area contributed by atoms with E-state index in [1.54, 1.807) is 12.1 Å². The van der Waals surface area contributed by atoms with Gasteiger partial charge in [0.1, 0.15) is 0 Å². The van der Waals surface area contributed by atoms with Crippen LogP contribution in [0.2, 0.25) is 0 Å². The number of nitrogens with zero attached hydrogens (tertiary/aromatic N) is 2. The molecule has 1 aromatic rings. The van der Waals surface area contributed by atoms with Gasteiger partial charge in [-0.2, -0.15) is 13.2 Å². The molecule has 0 fully saturated rings. The molecule has 0 unspecified atom stereocenters. The maximum atomic E-state index is 12.0. The van der Waals surface area contributed by atoms with E-state index in [4.69, 9.17) is 0 Å². The van der Waals surface area contributed by atoms with Gasteiger partial charge in [-0.3, -0.25) is 9.78 Å². The minimum atomic E-state index is -4.82. The third-order valence-electron chi connectivity index (χ3n) is 1.76. The maximum absolute atomic E-state index is 12.0. The number of aromatic nitrogens is 1. The fourth-order valence-corrected chi connectivity index (χ4v) is 1.05. The van der Waals surface area contributed by atoms with Crippen LogP contribution in [0.5, 0.6) is 0 Å². The number of rotatable bonds is 2. The molecule has 0 aliphatic carbocycles. The first-order chi connectivity index (χ1) is 6.91. The lowest BCUT2D eigenvalue weighted by Gasteiger charge is -2.18. The highest BCUT2D eigenvalue weighted by molar-refractivity contribution is 5.81. The number of halogens is 3. The van der Waals surface area contributed by atoms with E-state index in [0.29, 0.717) is 10.5 Å². The number of alkyl halides is 3. The summed E-state index contributed by atoms with van der Waals surface area (Å²) in [5, 5.41) is 0. The van der Waals surface area contributed by atoms with Gasteiger partial charge in [0.15, 0.2) is 0 Å². The van der Waals surface area contributed by atoms with E-state index in [2.05, 4.69) is 4.98 Å². The largest absolute Gasteiger partial charge is 0.471 e. The molecule has 0 saturated heterocycles. The molecule has 0 bridgehead atoms. The van der Waals surface area contributed by atoms with Crippen molar-refractivity contribution in [3.63, 3.8) is 0 Å². The average molecular weight is 218 g/mol. The van der Waals surface area contributed by atoms with Crippen LogP contribution in [0.4, 0.5) is 13.2 Å². The molecular formula is C9H9F3N2O.